The molecule has 0 radical (unpaired) electrons. The Bertz CT molecular complexity index is 1760. The third-order valence-corrected chi connectivity index (χ3v) is 10.2. The Hall–Kier alpha value is -4.06. The lowest BCUT2D eigenvalue weighted by atomic mass is 9.95. The van der Waals surface area contributed by atoms with Crippen LogP contribution in [0.2, 0.25) is 5.02 Å². The number of nitrogens with zero attached hydrogens (tertiary/aromatic N) is 3. The predicted molar refractivity (Wildman–Crippen MR) is 195 cm³/mol. The zero-order valence-electron chi connectivity index (χ0n) is 27.8. The predicted octanol–water partition coefficient (Wildman–Crippen LogP) is 9.26. The standard InChI is InChI=1S/C37H40ClN3O6S2/c1-4-7-9-21-47-29-19-14-26(22-30(29)45-6-3)32-31(33(42)25-12-17-28(18-13-25)46-20-8-5-2)34(43)35(44)41(32)36-39-40-37(49-36)48-23-24-10-15-27(38)16-11-24/h10-19,22,32,42H,4-9,20-21,23H2,1-3H3/b33-31+. The second-order valence-corrected chi connectivity index (χ2v) is 14.0. The summed E-state index contributed by atoms with van der Waals surface area (Å²) in [6, 6.07) is 18.7. The second-order valence-electron chi connectivity index (χ2n) is 11.4. The van der Waals surface area contributed by atoms with Crippen molar-refractivity contribution in [1.29, 1.82) is 0 Å². The molecule has 5 rings (SSSR count). The van der Waals surface area contributed by atoms with Crippen LogP contribution in [0.15, 0.2) is 76.6 Å². The van der Waals surface area contributed by atoms with Crippen LogP contribution in [0.5, 0.6) is 17.2 Å². The van der Waals surface area contributed by atoms with E-state index in [0.717, 1.165) is 37.7 Å². The van der Waals surface area contributed by atoms with Crippen LogP contribution in [0.3, 0.4) is 0 Å². The first-order chi connectivity index (χ1) is 23.8. The number of hydrogen-bond acceptors (Lipinski definition) is 10. The Kier molecular flexibility index (Phi) is 13.0. The zero-order valence-corrected chi connectivity index (χ0v) is 30.2. The van der Waals surface area contributed by atoms with Gasteiger partial charge in [0.1, 0.15) is 11.5 Å². The van der Waals surface area contributed by atoms with E-state index in [1.165, 1.54) is 28.0 Å². The average molecular weight is 722 g/mol. The number of benzene rings is 3. The molecule has 2 heterocycles. The SMILES string of the molecule is CCCCCOc1ccc(C2/C(=C(\O)c3ccc(OCCCC)cc3)C(=O)C(=O)N2c2nnc(SCc3ccc(Cl)cc3)s2)cc1OCC. The van der Waals surface area contributed by atoms with Gasteiger partial charge in [-0.3, -0.25) is 14.5 Å². The summed E-state index contributed by atoms with van der Waals surface area (Å²) in [4.78, 5) is 28.9. The van der Waals surface area contributed by atoms with Gasteiger partial charge in [0.25, 0.3) is 5.78 Å². The summed E-state index contributed by atoms with van der Waals surface area (Å²) in [5.41, 5.74) is 1.92. The van der Waals surface area contributed by atoms with Crippen molar-refractivity contribution in [1.82, 2.24) is 10.2 Å². The van der Waals surface area contributed by atoms with Crippen molar-refractivity contribution < 1.29 is 28.9 Å². The zero-order chi connectivity index (χ0) is 34.8. The fourth-order valence-corrected chi connectivity index (χ4v) is 7.19. The second kappa shape index (κ2) is 17.6. The number of ketones is 1. The Morgan fingerprint density at radius 1 is 0.878 bits per heavy atom. The molecule has 9 nitrogen and oxygen atoms in total. The van der Waals surface area contributed by atoms with Gasteiger partial charge in [-0.15, -0.1) is 10.2 Å². The van der Waals surface area contributed by atoms with Crippen LogP contribution in [0.4, 0.5) is 5.13 Å². The van der Waals surface area contributed by atoms with E-state index in [0.29, 0.717) is 63.3 Å². The van der Waals surface area contributed by atoms with Crippen LogP contribution in [-0.2, 0) is 15.3 Å². The summed E-state index contributed by atoms with van der Waals surface area (Å²) in [6.45, 7) is 7.59. The van der Waals surface area contributed by atoms with E-state index in [-0.39, 0.29) is 16.5 Å². The molecule has 0 aliphatic carbocycles. The highest BCUT2D eigenvalue weighted by atomic mass is 35.5. The lowest BCUT2D eigenvalue weighted by Gasteiger charge is -2.23. The number of aromatic nitrogens is 2. The fraction of sp³-hybridized carbons (Fsp3) is 0.351. The van der Waals surface area contributed by atoms with E-state index in [9.17, 15) is 14.7 Å². The molecule has 1 amide bonds. The average Bonchev–Trinajstić information content (AvgIpc) is 3.68. The van der Waals surface area contributed by atoms with Gasteiger partial charge in [0, 0.05) is 16.3 Å². The molecule has 12 heteroatoms. The summed E-state index contributed by atoms with van der Waals surface area (Å²) in [5.74, 6) is 0.370. The third-order valence-electron chi connectivity index (χ3n) is 7.81. The molecule has 3 aromatic carbocycles. The van der Waals surface area contributed by atoms with E-state index < -0.39 is 17.7 Å². The number of amides is 1. The lowest BCUT2D eigenvalue weighted by molar-refractivity contribution is -0.132. The molecule has 1 saturated heterocycles. The number of aliphatic hydroxyl groups is 1. The van der Waals surface area contributed by atoms with Crippen LogP contribution < -0.4 is 19.1 Å². The van der Waals surface area contributed by atoms with Crippen molar-refractivity contribution in [2.24, 2.45) is 0 Å². The fourth-order valence-electron chi connectivity index (χ4n) is 5.24. The van der Waals surface area contributed by atoms with Crippen LogP contribution >= 0.6 is 34.7 Å². The first kappa shape index (κ1) is 36.2. The summed E-state index contributed by atoms with van der Waals surface area (Å²) in [5, 5.41) is 21.2. The van der Waals surface area contributed by atoms with Gasteiger partial charge in [-0.05, 0) is 79.4 Å². The Balaban J connectivity index is 1.52. The molecule has 0 spiro atoms. The van der Waals surface area contributed by atoms with Gasteiger partial charge in [-0.2, -0.15) is 0 Å². The molecule has 0 bridgehead atoms. The van der Waals surface area contributed by atoms with Crippen molar-refractivity contribution in [2.45, 2.75) is 69.0 Å². The maximum absolute atomic E-state index is 13.8. The number of carbonyl (C=O) groups is 2. The topological polar surface area (TPSA) is 111 Å². The van der Waals surface area contributed by atoms with Crippen LogP contribution in [0.1, 0.15) is 75.6 Å². The minimum atomic E-state index is -1.00. The highest BCUT2D eigenvalue weighted by Crippen LogP contribution is 2.46. The maximum atomic E-state index is 13.8. The van der Waals surface area contributed by atoms with Gasteiger partial charge in [-0.1, -0.05) is 86.0 Å². The van der Waals surface area contributed by atoms with Crippen molar-refractivity contribution in [3.8, 4) is 17.2 Å². The molecule has 1 N–H and O–H groups in total. The maximum Gasteiger partial charge on any atom is 0.301 e. The molecule has 258 valence electrons. The summed E-state index contributed by atoms with van der Waals surface area (Å²) in [6.07, 6.45) is 4.95. The highest BCUT2D eigenvalue weighted by Gasteiger charge is 2.48. The molecular weight excluding hydrogens is 682 g/mol. The number of anilines is 1. The molecule has 1 unspecified atom stereocenters. The van der Waals surface area contributed by atoms with Gasteiger partial charge in [0.15, 0.2) is 15.8 Å². The summed E-state index contributed by atoms with van der Waals surface area (Å²) in [7, 11) is 0. The van der Waals surface area contributed by atoms with Gasteiger partial charge >= 0.3 is 5.91 Å². The van der Waals surface area contributed by atoms with Crippen LogP contribution in [0, 0.1) is 0 Å². The number of carbonyl (C=O) groups excluding carboxylic acids is 2. The molecule has 0 saturated carbocycles. The number of Topliss-reactive ketones (excluding diaryl/α,β-unsaturated/α-hetero) is 1. The first-order valence-electron chi connectivity index (χ1n) is 16.5. The number of hydrogen-bond donors (Lipinski definition) is 1. The van der Waals surface area contributed by atoms with E-state index in [1.807, 2.05) is 31.2 Å². The molecular formula is C37H40ClN3O6S2. The highest BCUT2D eigenvalue weighted by molar-refractivity contribution is 8.00. The van der Waals surface area contributed by atoms with E-state index in [1.54, 1.807) is 42.5 Å². The van der Waals surface area contributed by atoms with E-state index in [2.05, 4.69) is 24.0 Å². The van der Waals surface area contributed by atoms with Crippen molar-refractivity contribution in [3.63, 3.8) is 0 Å². The number of ether oxygens (including phenoxy) is 3. The monoisotopic (exact) mass is 721 g/mol. The molecule has 1 aromatic heterocycles. The van der Waals surface area contributed by atoms with E-state index in [4.69, 9.17) is 25.8 Å². The third kappa shape index (κ3) is 8.95. The van der Waals surface area contributed by atoms with Gasteiger partial charge in [0.05, 0.1) is 31.4 Å². The minimum Gasteiger partial charge on any atom is -0.507 e. The van der Waals surface area contributed by atoms with Crippen molar-refractivity contribution in [3.05, 3.63) is 94.0 Å². The van der Waals surface area contributed by atoms with Crippen LogP contribution in [0.25, 0.3) is 5.76 Å². The molecule has 1 aliphatic rings. The van der Waals surface area contributed by atoms with Crippen molar-refractivity contribution >= 4 is 57.3 Å². The molecule has 1 atom stereocenters. The smallest absolute Gasteiger partial charge is 0.301 e. The number of halogens is 1. The van der Waals surface area contributed by atoms with E-state index >= 15 is 0 Å². The number of thioether (sulfide) groups is 1. The van der Waals surface area contributed by atoms with Gasteiger partial charge < -0.3 is 19.3 Å². The van der Waals surface area contributed by atoms with Gasteiger partial charge in [0.2, 0.25) is 5.13 Å². The number of rotatable bonds is 17. The Morgan fingerprint density at radius 2 is 1.61 bits per heavy atom. The number of aliphatic hydroxyl groups excluding tert-OH is 1. The lowest BCUT2D eigenvalue weighted by Crippen LogP contribution is -2.29. The Morgan fingerprint density at radius 3 is 2.33 bits per heavy atom. The normalized spacial score (nSPS) is 15.5. The summed E-state index contributed by atoms with van der Waals surface area (Å²) >= 11 is 8.70. The largest absolute Gasteiger partial charge is 0.507 e. The Labute approximate surface area is 300 Å². The first-order valence-corrected chi connectivity index (χ1v) is 18.7. The van der Waals surface area contributed by atoms with Gasteiger partial charge in [-0.25, -0.2) is 0 Å². The minimum absolute atomic E-state index is 0.0609. The van der Waals surface area contributed by atoms with Crippen LogP contribution in [-0.4, -0.2) is 46.8 Å². The molecule has 4 aromatic rings. The molecule has 1 aliphatic heterocycles. The quantitative estimate of drug-likeness (QED) is 0.0285. The van der Waals surface area contributed by atoms with Crippen molar-refractivity contribution in [2.75, 3.05) is 24.7 Å². The number of unbranched alkanes of at least 4 members (excludes halogenated alkanes) is 3. The molecule has 49 heavy (non-hydrogen) atoms. The molecule has 1 fully saturated rings. The summed E-state index contributed by atoms with van der Waals surface area (Å²) < 4.78 is 18.4.